The monoisotopic (exact) mass is 398 g/mol. The first-order chi connectivity index (χ1) is 14.0. The Labute approximate surface area is 170 Å². The number of carbonyl (C=O) groups is 2. The van der Waals surface area contributed by atoms with Crippen LogP contribution in [0.25, 0.3) is 0 Å². The van der Waals surface area contributed by atoms with E-state index in [0.29, 0.717) is 31.1 Å². The van der Waals surface area contributed by atoms with E-state index < -0.39 is 0 Å². The van der Waals surface area contributed by atoms with E-state index in [0.717, 1.165) is 17.2 Å². The second kappa shape index (κ2) is 8.91. The van der Waals surface area contributed by atoms with Gasteiger partial charge in [-0.25, -0.2) is 9.78 Å². The molecular weight excluding hydrogens is 372 g/mol. The van der Waals surface area contributed by atoms with Gasteiger partial charge in [0.05, 0.1) is 24.5 Å². The fraction of sp³-hybridized carbons (Fsp3) is 0.381. The van der Waals surface area contributed by atoms with Crippen molar-refractivity contribution >= 4 is 34.9 Å². The van der Waals surface area contributed by atoms with E-state index in [1.165, 1.54) is 0 Å². The van der Waals surface area contributed by atoms with Gasteiger partial charge in [0.1, 0.15) is 11.9 Å². The molecule has 0 fully saturated rings. The quantitative estimate of drug-likeness (QED) is 0.718. The van der Waals surface area contributed by atoms with Crippen molar-refractivity contribution in [3.63, 3.8) is 0 Å². The molecule has 0 saturated carbocycles. The normalized spacial score (nSPS) is 15.9. The zero-order valence-corrected chi connectivity index (χ0v) is 17.1. The lowest BCUT2D eigenvalue weighted by molar-refractivity contribution is -0.119. The number of amides is 1. The maximum absolute atomic E-state index is 12.5. The second-order valence-electron chi connectivity index (χ2n) is 6.72. The summed E-state index contributed by atoms with van der Waals surface area (Å²) in [5, 5.41) is 3.25. The van der Waals surface area contributed by atoms with Gasteiger partial charge in [0.25, 0.3) is 0 Å². The lowest BCUT2D eigenvalue weighted by Crippen LogP contribution is -2.52. The number of esters is 1. The van der Waals surface area contributed by atoms with Gasteiger partial charge in [-0.3, -0.25) is 4.79 Å². The molecule has 2 heterocycles. The van der Waals surface area contributed by atoms with Gasteiger partial charge in [0, 0.05) is 26.4 Å². The summed E-state index contributed by atoms with van der Waals surface area (Å²) in [5.74, 6) is 1.04. The highest BCUT2D eigenvalue weighted by Gasteiger charge is 2.34. The lowest BCUT2D eigenvalue weighted by atomic mass is 10.1. The summed E-state index contributed by atoms with van der Waals surface area (Å²) in [4.78, 5) is 32.6. The highest BCUT2D eigenvalue weighted by molar-refractivity contribution is 6.04. The number of pyridine rings is 1. The third-order valence-electron chi connectivity index (χ3n) is 4.85. The molecule has 2 aromatic rings. The molecule has 0 radical (unpaired) electrons. The van der Waals surface area contributed by atoms with Gasteiger partial charge in [-0.15, -0.1) is 0 Å². The van der Waals surface area contributed by atoms with E-state index >= 15 is 0 Å². The molecule has 1 N–H and O–H groups in total. The van der Waals surface area contributed by atoms with Crippen LogP contribution in [0.15, 0.2) is 36.4 Å². The molecule has 0 spiro atoms. The molecule has 29 heavy (non-hydrogen) atoms. The number of benzene rings is 1. The molecule has 1 atom stereocenters. The van der Waals surface area contributed by atoms with E-state index in [1.54, 1.807) is 50.2 Å². The van der Waals surface area contributed by atoms with Crippen molar-refractivity contribution in [2.24, 2.45) is 0 Å². The van der Waals surface area contributed by atoms with Crippen molar-refractivity contribution in [2.45, 2.75) is 19.9 Å². The lowest BCUT2D eigenvalue weighted by Gasteiger charge is -2.39. The molecule has 1 aromatic carbocycles. The van der Waals surface area contributed by atoms with Crippen LogP contribution < -0.4 is 15.1 Å². The molecule has 1 aromatic heterocycles. The highest BCUT2D eigenvalue weighted by Crippen LogP contribution is 2.35. The van der Waals surface area contributed by atoms with Crippen molar-refractivity contribution in [1.82, 2.24) is 4.98 Å². The molecule has 154 valence electrons. The second-order valence-corrected chi connectivity index (χ2v) is 6.72. The summed E-state index contributed by atoms with van der Waals surface area (Å²) >= 11 is 0. The largest absolute Gasteiger partial charge is 0.462 e. The van der Waals surface area contributed by atoms with Crippen molar-refractivity contribution < 1.29 is 19.1 Å². The third-order valence-corrected chi connectivity index (χ3v) is 4.85. The van der Waals surface area contributed by atoms with Crippen LogP contribution in [-0.4, -0.2) is 56.8 Å². The Morgan fingerprint density at radius 2 is 1.93 bits per heavy atom. The first kappa shape index (κ1) is 20.6. The molecular formula is C21H26N4O4. The van der Waals surface area contributed by atoms with Gasteiger partial charge in [-0.2, -0.15) is 0 Å². The SMILES string of the molecule is CCOC(=O)c1ccc(Nc2ccc3c(n2)N(CCOC)C(C)C(=O)N3C)cc1. The Kier molecular flexibility index (Phi) is 6.33. The van der Waals surface area contributed by atoms with E-state index in [-0.39, 0.29) is 17.9 Å². The van der Waals surface area contributed by atoms with Crippen LogP contribution in [-0.2, 0) is 14.3 Å². The Morgan fingerprint density at radius 1 is 1.21 bits per heavy atom. The Hall–Kier alpha value is -3.13. The van der Waals surface area contributed by atoms with Gasteiger partial charge in [-0.1, -0.05) is 0 Å². The number of carbonyl (C=O) groups excluding carboxylic acids is 2. The number of anilines is 4. The number of methoxy groups -OCH3 is 1. The van der Waals surface area contributed by atoms with Gasteiger partial charge in [-0.05, 0) is 50.2 Å². The van der Waals surface area contributed by atoms with Crippen LogP contribution >= 0.6 is 0 Å². The van der Waals surface area contributed by atoms with Crippen LogP contribution in [0.3, 0.4) is 0 Å². The van der Waals surface area contributed by atoms with Crippen molar-refractivity contribution in [3.8, 4) is 0 Å². The fourth-order valence-corrected chi connectivity index (χ4v) is 3.24. The standard InChI is InChI=1S/C21H26N4O4/c1-5-29-21(27)15-6-8-16(9-7-15)22-18-11-10-17-19(23-18)25(12-13-28-4)14(2)20(26)24(17)3/h6-11,14H,5,12-13H2,1-4H3,(H,22,23). The van der Waals surface area contributed by atoms with Gasteiger partial charge in [0.15, 0.2) is 5.82 Å². The van der Waals surface area contributed by atoms with Gasteiger partial charge < -0.3 is 24.6 Å². The summed E-state index contributed by atoms with van der Waals surface area (Å²) in [6, 6.07) is 10.4. The predicted molar refractivity (Wildman–Crippen MR) is 112 cm³/mol. The zero-order chi connectivity index (χ0) is 21.0. The van der Waals surface area contributed by atoms with E-state index in [4.69, 9.17) is 14.5 Å². The molecule has 1 unspecified atom stereocenters. The summed E-state index contributed by atoms with van der Waals surface area (Å²) in [7, 11) is 3.39. The van der Waals surface area contributed by atoms with Crippen LogP contribution in [0.2, 0.25) is 0 Å². The minimum absolute atomic E-state index is 0.0191. The Morgan fingerprint density at radius 3 is 2.59 bits per heavy atom. The number of aromatic nitrogens is 1. The average Bonchev–Trinajstić information content (AvgIpc) is 2.73. The average molecular weight is 398 g/mol. The smallest absolute Gasteiger partial charge is 0.338 e. The zero-order valence-electron chi connectivity index (χ0n) is 17.1. The van der Waals surface area contributed by atoms with Crippen molar-refractivity contribution in [1.29, 1.82) is 0 Å². The maximum atomic E-state index is 12.5. The number of ether oxygens (including phenoxy) is 2. The van der Waals surface area contributed by atoms with E-state index in [1.807, 2.05) is 24.0 Å². The third kappa shape index (κ3) is 4.32. The summed E-state index contributed by atoms with van der Waals surface area (Å²) < 4.78 is 10.2. The van der Waals surface area contributed by atoms with Crippen LogP contribution in [0, 0.1) is 0 Å². The topological polar surface area (TPSA) is 84.0 Å². The van der Waals surface area contributed by atoms with E-state index in [9.17, 15) is 9.59 Å². The maximum Gasteiger partial charge on any atom is 0.338 e. The molecule has 1 amide bonds. The molecule has 0 aliphatic carbocycles. The van der Waals surface area contributed by atoms with Crippen molar-refractivity contribution in [3.05, 3.63) is 42.0 Å². The molecule has 8 heteroatoms. The molecule has 1 aliphatic rings. The van der Waals surface area contributed by atoms with Crippen LogP contribution in [0.1, 0.15) is 24.2 Å². The first-order valence-electron chi connectivity index (χ1n) is 9.54. The Bertz CT molecular complexity index is 885. The molecule has 1 aliphatic heterocycles. The highest BCUT2D eigenvalue weighted by atomic mass is 16.5. The number of fused-ring (bicyclic) bond motifs is 1. The number of hydrogen-bond donors (Lipinski definition) is 1. The van der Waals surface area contributed by atoms with Crippen LogP contribution in [0.5, 0.6) is 0 Å². The molecule has 0 saturated heterocycles. The van der Waals surface area contributed by atoms with Gasteiger partial charge >= 0.3 is 5.97 Å². The number of nitrogens with one attached hydrogen (secondary N) is 1. The molecule has 8 nitrogen and oxygen atoms in total. The molecule has 3 rings (SSSR count). The number of nitrogens with zero attached hydrogens (tertiary/aromatic N) is 3. The first-order valence-corrected chi connectivity index (χ1v) is 9.54. The fourth-order valence-electron chi connectivity index (χ4n) is 3.24. The van der Waals surface area contributed by atoms with E-state index in [2.05, 4.69) is 5.32 Å². The molecule has 0 bridgehead atoms. The number of hydrogen-bond acceptors (Lipinski definition) is 7. The number of rotatable bonds is 7. The minimum Gasteiger partial charge on any atom is -0.462 e. The summed E-state index contributed by atoms with van der Waals surface area (Å²) in [5.41, 5.74) is 2.05. The van der Waals surface area contributed by atoms with Crippen LogP contribution in [0.4, 0.5) is 23.0 Å². The summed E-state index contributed by atoms with van der Waals surface area (Å²) in [6.07, 6.45) is 0. The minimum atomic E-state index is -0.346. The predicted octanol–water partition coefficient (Wildman–Crippen LogP) is 2.82. The van der Waals surface area contributed by atoms with Gasteiger partial charge in [0.2, 0.25) is 5.91 Å². The van der Waals surface area contributed by atoms with Crippen molar-refractivity contribution in [2.75, 3.05) is 49.0 Å². The summed E-state index contributed by atoms with van der Waals surface area (Å²) in [6.45, 7) is 5.04. The Balaban J connectivity index is 1.84. The number of likely N-dealkylation sites (N-methyl/N-ethyl adjacent to an activating group) is 1.